The standard InChI is InChI=1S/C48H38/c1-19-7-11-25-29-15-16-31-27-13-9-21(3)35-24(6)36-22(4)10-14-28-32-18-17-30-26-12-8-20(2)34-23(5)33(19)37(25)45(38(26)34)47-41(29)43(31)48(44(32)42(30)47)46(39(27)35)40(28)36/h7,9,11,13,15-16,47-48H,8,10,12,14,17-18H2,1-6H3. The molecule has 5 aromatic carbocycles. The monoisotopic (exact) mass is 614 g/mol. The van der Waals surface area contributed by atoms with Crippen molar-refractivity contribution in [2.75, 3.05) is 0 Å². The molecule has 0 amide bonds. The summed E-state index contributed by atoms with van der Waals surface area (Å²) in [5, 5.41) is 12.7. The van der Waals surface area contributed by atoms with Crippen LogP contribution in [0.1, 0.15) is 109 Å². The van der Waals surface area contributed by atoms with Crippen LogP contribution in [0.25, 0.3) is 66.1 Å². The van der Waals surface area contributed by atoms with Crippen LogP contribution in [0.15, 0.2) is 58.7 Å². The van der Waals surface area contributed by atoms with Gasteiger partial charge in [-0.05, 0) is 223 Å². The van der Waals surface area contributed by atoms with Crippen molar-refractivity contribution in [3.05, 3.63) is 124 Å². The van der Waals surface area contributed by atoms with Crippen LogP contribution in [0, 0.1) is 27.7 Å². The van der Waals surface area contributed by atoms with Crippen LogP contribution < -0.4 is 20.9 Å². The molecule has 0 fully saturated rings. The molecule has 0 saturated carbocycles. The van der Waals surface area contributed by atoms with Gasteiger partial charge in [0.05, 0.1) is 0 Å². The third-order valence-electron chi connectivity index (χ3n) is 14.8. The third-order valence-corrected chi connectivity index (χ3v) is 14.8. The molecule has 0 N–H and O–H groups in total. The summed E-state index contributed by atoms with van der Waals surface area (Å²) < 4.78 is 0. The van der Waals surface area contributed by atoms with Gasteiger partial charge >= 0.3 is 0 Å². The second kappa shape index (κ2) is 7.73. The Morgan fingerprint density at radius 3 is 1.21 bits per heavy atom. The average Bonchev–Trinajstić information content (AvgIpc) is 3.08. The summed E-state index contributed by atoms with van der Waals surface area (Å²) >= 11 is 0. The van der Waals surface area contributed by atoms with Crippen molar-refractivity contribution in [3.8, 4) is 22.3 Å². The SMILES string of the molecule is CC1=c2c(C)c3c(C)ccc4c3c3c2=C(CC1)C1=C2C5=C(CC1)C1=c6c7c8c(ccc(C)c8c(C)c6=C(C)CC1)-c1ccc-4c(c1C57)C23. The Hall–Kier alpha value is -4.42. The maximum atomic E-state index is 2.55. The lowest BCUT2D eigenvalue weighted by atomic mass is 9.51. The number of hydrogen-bond donors (Lipinski definition) is 0. The minimum absolute atomic E-state index is 0.346. The van der Waals surface area contributed by atoms with E-state index < -0.39 is 0 Å². The van der Waals surface area contributed by atoms with E-state index >= 15 is 0 Å². The molecule has 230 valence electrons. The van der Waals surface area contributed by atoms with Crippen molar-refractivity contribution in [1.82, 2.24) is 0 Å². The zero-order valence-electron chi connectivity index (χ0n) is 28.9. The summed E-state index contributed by atoms with van der Waals surface area (Å²) in [6.07, 6.45) is 7.21. The highest BCUT2D eigenvalue weighted by Crippen LogP contribution is 2.67. The van der Waals surface area contributed by atoms with E-state index in [9.17, 15) is 0 Å². The summed E-state index contributed by atoms with van der Waals surface area (Å²) in [4.78, 5) is 0. The summed E-state index contributed by atoms with van der Waals surface area (Å²) in [6, 6.07) is 14.9. The van der Waals surface area contributed by atoms with Gasteiger partial charge < -0.3 is 0 Å². The molecular weight excluding hydrogens is 577 g/mol. The zero-order chi connectivity index (χ0) is 31.8. The van der Waals surface area contributed by atoms with E-state index in [-0.39, 0.29) is 0 Å². The molecule has 0 heteroatoms. The third kappa shape index (κ3) is 2.38. The molecule has 0 spiro atoms. The number of benzene rings is 5. The molecule has 0 bridgehead atoms. The van der Waals surface area contributed by atoms with E-state index in [1.165, 1.54) is 93.8 Å². The van der Waals surface area contributed by atoms with Crippen molar-refractivity contribution in [3.63, 3.8) is 0 Å². The lowest BCUT2D eigenvalue weighted by molar-refractivity contribution is 0.719. The molecule has 2 atom stereocenters. The van der Waals surface area contributed by atoms with Crippen molar-refractivity contribution >= 4 is 43.8 Å². The van der Waals surface area contributed by atoms with E-state index in [0.717, 1.165) is 0 Å². The first-order chi connectivity index (χ1) is 23.4. The lowest BCUT2D eigenvalue weighted by Gasteiger charge is -2.51. The Balaban J connectivity index is 1.37. The van der Waals surface area contributed by atoms with Crippen LogP contribution in [0.3, 0.4) is 0 Å². The van der Waals surface area contributed by atoms with Gasteiger partial charge in [-0.3, -0.25) is 0 Å². The molecule has 5 aromatic rings. The lowest BCUT2D eigenvalue weighted by Crippen LogP contribution is -2.48. The highest BCUT2D eigenvalue weighted by atomic mass is 14.5. The molecule has 8 aliphatic carbocycles. The van der Waals surface area contributed by atoms with Crippen LogP contribution >= 0.6 is 0 Å². The Morgan fingerprint density at radius 1 is 0.375 bits per heavy atom. The van der Waals surface area contributed by atoms with Crippen LogP contribution in [-0.2, 0) is 0 Å². The van der Waals surface area contributed by atoms with E-state index in [1.54, 1.807) is 98.5 Å². The highest BCUT2D eigenvalue weighted by Gasteiger charge is 2.52. The van der Waals surface area contributed by atoms with Gasteiger partial charge in [0.15, 0.2) is 0 Å². The molecule has 0 radical (unpaired) electrons. The molecule has 0 aromatic heterocycles. The molecule has 48 heavy (non-hydrogen) atoms. The number of allylic oxidation sites excluding steroid dienone is 4. The first kappa shape index (κ1) is 25.6. The van der Waals surface area contributed by atoms with Crippen molar-refractivity contribution in [1.29, 1.82) is 0 Å². The van der Waals surface area contributed by atoms with Gasteiger partial charge in [0.2, 0.25) is 0 Å². The van der Waals surface area contributed by atoms with Crippen LogP contribution in [0.4, 0.5) is 0 Å². The molecule has 0 aliphatic heterocycles. The van der Waals surface area contributed by atoms with Gasteiger partial charge in [0.1, 0.15) is 0 Å². The van der Waals surface area contributed by atoms with E-state index in [2.05, 4.69) is 77.9 Å². The zero-order valence-corrected chi connectivity index (χ0v) is 28.9. The number of aryl methyl sites for hydroxylation is 4. The fourth-order valence-corrected chi connectivity index (χ4v) is 13.3. The molecular formula is C48H38. The fraction of sp³-hybridized carbons (Fsp3) is 0.292. The minimum Gasteiger partial charge on any atom is -0.0648 e. The first-order valence-electron chi connectivity index (χ1n) is 18.6. The predicted molar refractivity (Wildman–Crippen MR) is 200 cm³/mol. The Labute approximate surface area is 281 Å². The highest BCUT2D eigenvalue weighted by molar-refractivity contribution is 6.13. The van der Waals surface area contributed by atoms with Crippen molar-refractivity contribution in [2.45, 2.75) is 91.9 Å². The van der Waals surface area contributed by atoms with Gasteiger partial charge in [-0.15, -0.1) is 0 Å². The number of rotatable bonds is 0. The smallest absolute Gasteiger partial charge is 0.0368 e. The predicted octanol–water partition coefficient (Wildman–Crippen LogP) is 9.11. The van der Waals surface area contributed by atoms with Gasteiger partial charge in [0, 0.05) is 11.8 Å². The second-order valence-electron chi connectivity index (χ2n) is 16.6. The Kier molecular flexibility index (Phi) is 4.12. The summed E-state index contributed by atoms with van der Waals surface area (Å²) in [7, 11) is 0. The quantitative estimate of drug-likeness (QED) is 0.163. The topological polar surface area (TPSA) is 0 Å². The molecule has 8 aliphatic rings. The Bertz CT molecular complexity index is 2780. The van der Waals surface area contributed by atoms with Gasteiger partial charge in [-0.1, -0.05) is 47.5 Å². The summed E-state index contributed by atoms with van der Waals surface area (Å²) in [5.74, 6) is 0.692. The summed E-state index contributed by atoms with van der Waals surface area (Å²) in [6.45, 7) is 14.5. The van der Waals surface area contributed by atoms with Crippen LogP contribution in [0.2, 0.25) is 0 Å². The van der Waals surface area contributed by atoms with Crippen LogP contribution in [0.5, 0.6) is 0 Å². The molecule has 13 rings (SSSR count). The Morgan fingerprint density at radius 2 is 0.771 bits per heavy atom. The second-order valence-corrected chi connectivity index (χ2v) is 16.6. The van der Waals surface area contributed by atoms with E-state index in [1.807, 2.05) is 0 Å². The maximum Gasteiger partial charge on any atom is 0.0368 e. The average molecular weight is 615 g/mol. The number of fused-ring (bicyclic) bond motifs is 4. The minimum atomic E-state index is 0.346. The van der Waals surface area contributed by atoms with Crippen molar-refractivity contribution in [2.24, 2.45) is 0 Å². The van der Waals surface area contributed by atoms with E-state index in [4.69, 9.17) is 0 Å². The van der Waals surface area contributed by atoms with Crippen LogP contribution in [-0.4, -0.2) is 0 Å². The normalized spacial score (nSPS) is 22.4. The molecule has 0 nitrogen and oxygen atoms in total. The largest absolute Gasteiger partial charge is 0.0648 e. The van der Waals surface area contributed by atoms with Crippen molar-refractivity contribution < 1.29 is 0 Å². The number of hydrogen-bond acceptors (Lipinski definition) is 0. The molecule has 2 unspecified atom stereocenters. The molecule has 0 heterocycles. The van der Waals surface area contributed by atoms with E-state index in [0.29, 0.717) is 11.8 Å². The fourth-order valence-electron chi connectivity index (χ4n) is 13.3. The summed E-state index contributed by atoms with van der Waals surface area (Å²) in [5.41, 5.74) is 32.3. The van der Waals surface area contributed by atoms with Gasteiger partial charge in [-0.25, -0.2) is 0 Å². The maximum absolute atomic E-state index is 2.55. The van der Waals surface area contributed by atoms with Gasteiger partial charge in [0.25, 0.3) is 0 Å². The first-order valence-corrected chi connectivity index (χ1v) is 18.6. The molecule has 0 saturated heterocycles. The van der Waals surface area contributed by atoms with Gasteiger partial charge in [-0.2, -0.15) is 0 Å².